The SMILES string of the molecule is Cc1cc(Oc2cccc(C(=O)N(C)C)c2)c(C#N)c(C)n1. The first-order chi connectivity index (χ1) is 10.4. The van der Waals surface area contributed by atoms with E-state index in [1.165, 1.54) is 4.90 Å². The van der Waals surface area contributed by atoms with Crippen molar-refractivity contribution in [2.75, 3.05) is 14.1 Å². The molecule has 5 heteroatoms. The summed E-state index contributed by atoms with van der Waals surface area (Å²) in [5.74, 6) is 0.851. The molecule has 2 rings (SSSR count). The van der Waals surface area contributed by atoms with Crippen LogP contribution in [-0.2, 0) is 0 Å². The van der Waals surface area contributed by atoms with Crippen molar-refractivity contribution < 1.29 is 9.53 Å². The van der Waals surface area contributed by atoms with Crippen molar-refractivity contribution in [3.05, 3.63) is 52.8 Å². The lowest BCUT2D eigenvalue weighted by Crippen LogP contribution is -2.21. The highest BCUT2D eigenvalue weighted by Gasteiger charge is 2.12. The minimum Gasteiger partial charge on any atom is -0.456 e. The van der Waals surface area contributed by atoms with Gasteiger partial charge in [0.25, 0.3) is 5.91 Å². The smallest absolute Gasteiger partial charge is 0.253 e. The zero-order valence-electron chi connectivity index (χ0n) is 13.0. The van der Waals surface area contributed by atoms with Gasteiger partial charge in [-0.3, -0.25) is 9.78 Å². The molecule has 22 heavy (non-hydrogen) atoms. The maximum atomic E-state index is 12.0. The van der Waals surface area contributed by atoms with Crippen LogP contribution in [0.4, 0.5) is 0 Å². The number of benzene rings is 1. The Balaban J connectivity index is 2.38. The van der Waals surface area contributed by atoms with Crippen molar-refractivity contribution in [3.8, 4) is 17.6 Å². The Bertz CT molecular complexity index is 761. The Morgan fingerprint density at radius 3 is 2.64 bits per heavy atom. The quantitative estimate of drug-likeness (QED) is 0.872. The van der Waals surface area contributed by atoms with Gasteiger partial charge in [0, 0.05) is 31.4 Å². The summed E-state index contributed by atoms with van der Waals surface area (Å²) in [6, 6.07) is 10.7. The molecule has 1 amide bonds. The van der Waals surface area contributed by atoms with E-state index in [1.54, 1.807) is 51.4 Å². The maximum Gasteiger partial charge on any atom is 0.253 e. The van der Waals surface area contributed by atoms with Crippen LogP contribution in [0.3, 0.4) is 0 Å². The second-order valence-electron chi connectivity index (χ2n) is 5.16. The molecular formula is C17H17N3O2. The molecule has 0 aliphatic carbocycles. The first-order valence-corrected chi connectivity index (χ1v) is 6.80. The van der Waals surface area contributed by atoms with Gasteiger partial charge in [-0.05, 0) is 32.0 Å². The van der Waals surface area contributed by atoms with Gasteiger partial charge in [0.15, 0.2) is 0 Å². The number of amides is 1. The van der Waals surface area contributed by atoms with Crippen molar-refractivity contribution >= 4 is 5.91 Å². The van der Waals surface area contributed by atoms with Crippen LogP contribution in [0.1, 0.15) is 27.3 Å². The Labute approximate surface area is 129 Å². The van der Waals surface area contributed by atoms with E-state index in [-0.39, 0.29) is 5.91 Å². The van der Waals surface area contributed by atoms with Crippen molar-refractivity contribution in [1.29, 1.82) is 5.26 Å². The number of hydrogen-bond donors (Lipinski definition) is 0. The van der Waals surface area contributed by atoms with Crippen molar-refractivity contribution in [2.45, 2.75) is 13.8 Å². The number of carbonyl (C=O) groups excluding carboxylic acids is 1. The van der Waals surface area contributed by atoms with Gasteiger partial charge in [-0.2, -0.15) is 5.26 Å². The first kappa shape index (κ1) is 15.5. The lowest BCUT2D eigenvalue weighted by atomic mass is 10.1. The van der Waals surface area contributed by atoms with Crippen LogP contribution in [0.25, 0.3) is 0 Å². The minimum absolute atomic E-state index is 0.104. The number of pyridine rings is 1. The van der Waals surface area contributed by atoms with Crippen LogP contribution in [0.5, 0.6) is 11.5 Å². The number of aromatic nitrogens is 1. The Hall–Kier alpha value is -2.87. The molecule has 1 aromatic carbocycles. The third-order valence-corrected chi connectivity index (χ3v) is 3.12. The molecule has 0 saturated heterocycles. The van der Waals surface area contributed by atoms with Gasteiger partial charge in [-0.25, -0.2) is 0 Å². The molecule has 0 spiro atoms. The van der Waals surface area contributed by atoms with Gasteiger partial charge in [-0.15, -0.1) is 0 Å². The van der Waals surface area contributed by atoms with E-state index >= 15 is 0 Å². The van der Waals surface area contributed by atoms with Crippen molar-refractivity contribution in [2.24, 2.45) is 0 Å². The molecule has 0 unspecified atom stereocenters. The number of nitriles is 1. The van der Waals surface area contributed by atoms with E-state index in [0.29, 0.717) is 28.3 Å². The van der Waals surface area contributed by atoms with Crippen LogP contribution >= 0.6 is 0 Å². The number of ether oxygens (including phenoxy) is 1. The average molecular weight is 295 g/mol. The molecule has 0 N–H and O–H groups in total. The molecule has 112 valence electrons. The second-order valence-corrected chi connectivity index (χ2v) is 5.16. The molecule has 0 aliphatic heterocycles. The molecule has 0 bridgehead atoms. The number of carbonyl (C=O) groups is 1. The minimum atomic E-state index is -0.104. The highest BCUT2D eigenvalue weighted by atomic mass is 16.5. The van der Waals surface area contributed by atoms with Gasteiger partial charge in [0.2, 0.25) is 0 Å². The monoisotopic (exact) mass is 295 g/mol. The molecule has 0 radical (unpaired) electrons. The van der Waals surface area contributed by atoms with E-state index < -0.39 is 0 Å². The largest absolute Gasteiger partial charge is 0.456 e. The van der Waals surface area contributed by atoms with Crippen LogP contribution in [0.15, 0.2) is 30.3 Å². The van der Waals surface area contributed by atoms with E-state index in [4.69, 9.17) is 4.74 Å². The fourth-order valence-corrected chi connectivity index (χ4v) is 2.09. The molecular weight excluding hydrogens is 278 g/mol. The first-order valence-electron chi connectivity index (χ1n) is 6.80. The molecule has 0 saturated carbocycles. The zero-order chi connectivity index (χ0) is 16.3. The Morgan fingerprint density at radius 1 is 1.27 bits per heavy atom. The van der Waals surface area contributed by atoms with E-state index in [9.17, 15) is 10.1 Å². The highest BCUT2D eigenvalue weighted by Crippen LogP contribution is 2.27. The predicted octanol–water partition coefficient (Wildman–Crippen LogP) is 3.06. The number of rotatable bonds is 3. The topological polar surface area (TPSA) is 66.2 Å². The van der Waals surface area contributed by atoms with E-state index in [1.807, 2.05) is 6.92 Å². The van der Waals surface area contributed by atoms with Crippen LogP contribution in [0, 0.1) is 25.2 Å². The lowest BCUT2D eigenvalue weighted by molar-refractivity contribution is 0.0827. The molecule has 5 nitrogen and oxygen atoms in total. The van der Waals surface area contributed by atoms with E-state index in [0.717, 1.165) is 5.69 Å². The number of nitrogens with zero attached hydrogens (tertiary/aromatic N) is 3. The Kier molecular flexibility index (Phi) is 4.42. The van der Waals surface area contributed by atoms with Gasteiger partial charge in [0.1, 0.15) is 23.1 Å². The predicted molar refractivity (Wildman–Crippen MR) is 83.0 cm³/mol. The van der Waals surface area contributed by atoms with Crippen LogP contribution < -0.4 is 4.74 Å². The fourth-order valence-electron chi connectivity index (χ4n) is 2.09. The molecule has 0 atom stereocenters. The van der Waals surface area contributed by atoms with Crippen molar-refractivity contribution in [1.82, 2.24) is 9.88 Å². The number of hydrogen-bond acceptors (Lipinski definition) is 4. The summed E-state index contributed by atoms with van der Waals surface area (Å²) in [4.78, 5) is 17.7. The summed E-state index contributed by atoms with van der Waals surface area (Å²) < 4.78 is 5.80. The standard InChI is InChI=1S/C17H17N3O2/c1-11-8-16(15(10-18)12(2)19-11)22-14-7-5-6-13(9-14)17(21)20(3)4/h5-9H,1-4H3. The summed E-state index contributed by atoms with van der Waals surface area (Å²) >= 11 is 0. The summed E-state index contributed by atoms with van der Waals surface area (Å²) in [6.45, 7) is 3.61. The highest BCUT2D eigenvalue weighted by molar-refractivity contribution is 5.94. The molecule has 0 fully saturated rings. The van der Waals surface area contributed by atoms with Crippen LogP contribution in [0.2, 0.25) is 0 Å². The summed E-state index contributed by atoms with van der Waals surface area (Å²) in [5.41, 5.74) is 2.32. The van der Waals surface area contributed by atoms with Gasteiger partial charge in [-0.1, -0.05) is 6.07 Å². The number of aryl methyl sites for hydroxylation is 2. The van der Waals surface area contributed by atoms with Gasteiger partial charge in [0.05, 0.1) is 5.69 Å². The van der Waals surface area contributed by atoms with Gasteiger partial charge >= 0.3 is 0 Å². The van der Waals surface area contributed by atoms with Crippen molar-refractivity contribution in [3.63, 3.8) is 0 Å². The fraction of sp³-hybridized carbons (Fsp3) is 0.235. The third kappa shape index (κ3) is 3.23. The molecule has 1 aromatic heterocycles. The zero-order valence-corrected chi connectivity index (χ0v) is 13.0. The molecule has 2 aromatic rings. The van der Waals surface area contributed by atoms with Crippen LogP contribution in [-0.4, -0.2) is 29.9 Å². The normalized spacial score (nSPS) is 9.95. The molecule has 1 heterocycles. The second kappa shape index (κ2) is 6.27. The lowest BCUT2D eigenvalue weighted by Gasteiger charge is -2.13. The Morgan fingerprint density at radius 2 is 2.00 bits per heavy atom. The summed E-state index contributed by atoms with van der Waals surface area (Å²) in [6.07, 6.45) is 0. The van der Waals surface area contributed by atoms with E-state index in [2.05, 4.69) is 11.1 Å². The molecule has 0 aliphatic rings. The maximum absolute atomic E-state index is 12.0. The summed E-state index contributed by atoms with van der Waals surface area (Å²) in [7, 11) is 3.39. The summed E-state index contributed by atoms with van der Waals surface area (Å²) in [5, 5.41) is 9.25. The van der Waals surface area contributed by atoms with Gasteiger partial charge < -0.3 is 9.64 Å². The average Bonchev–Trinajstić information content (AvgIpc) is 2.46. The third-order valence-electron chi connectivity index (χ3n) is 3.12.